The zero-order valence-corrected chi connectivity index (χ0v) is 53.4. The Morgan fingerprint density at radius 1 is 0.308 bits per heavy atom. The van der Waals surface area contributed by atoms with E-state index in [9.17, 15) is 19.8 Å². The third-order valence-electron chi connectivity index (χ3n) is 17.4. The average molecular weight is 1100 g/mol. The number of carbonyl (C=O) groups excluding carboxylic acids is 2. The molecule has 0 rings (SSSR count). The average Bonchev–Trinajstić information content (AvgIpc) is 3.44. The molecule has 0 saturated carbocycles. The first kappa shape index (κ1) is 76.9. The van der Waals surface area contributed by atoms with E-state index in [4.69, 9.17) is 4.74 Å². The first-order chi connectivity index (χ1) is 38.5. The van der Waals surface area contributed by atoms with Crippen LogP contribution in [0, 0.1) is 0 Å². The highest BCUT2D eigenvalue weighted by atomic mass is 16.5. The van der Waals surface area contributed by atoms with Gasteiger partial charge < -0.3 is 20.3 Å². The number of nitrogens with one attached hydrogen (secondary N) is 1. The molecule has 0 aromatic carbocycles. The van der Waals surface area contributed by atoms with E-state index in [2.05, 4.69) is 19.2 Å². The molecule has 6 nitrogen and oxygen atoms in total. The number of amides is 1. The van der Waals surface area contributed by atoms with Crippen LogP contribution in [0.2, 0.25) is 0 Å². The molecule has 3 N–H and O–H groups in total. The number of hydrogen-bond acceptors (Lipinski definition) is 5. The van der Waals surface area contributed by atoms with Gasteiger partial charge >= 0.3 is 5.97 Å². The Morgan fingerprint density at radius 3 is 0.782 bits per heavy atom. The standard InChI is InChI=1S/C72H143NO5/c1-3-5-7-9-11-13-15-17-18-19-34-37-41-44-48-52-56-60-64-70(75)69(68-74)73-71(76)65-61-57-53-49-45-42-38-35-32-30-28-26-24-22-20-21-23-25-27-29-31-33-36-39-43-47-51-55-59-63-67-78-72(77)66-62-58-54-50-46-40-16-14-12-10-8-6-4-2/h69-70,74-75H,3-68H2,1-2H3,(H,73,76). The predicted molar refractivity (Wildman–Crippen MR) is 343 cm³/mol. The van der Waals surface area contributed by atoms with Gasteiger partial charge in [0.1, 0.15) is 0 Å². The van der Waals surface area contributed by atoms with Gasteiger partial charge in [0, 0.05) is 12.8 Å². The maximum atomic E-state index is 12.5. The number of ether oxygens (including phenoxy) is 1. The Labute approximate surface area is 489 Å². The molecule has 0 fully saturated rings. The second-order valence-electron chi connectivity index (χ2n) is 25.3. The first-order valence-electron chi connectivity index (χ1n) is 36.3. The van der Waals surface area contributed by atoms with Crippen molar-refractivity contribution in [3.8, 4) is 0 Å². The molecule has 0 aliphatic rings. The van der Waals surface area contributed by atoms with Crippen LogP contribution in [0.1, 0.15) is 425 Å². The van der Waals surface area contributed by atoms with Crippen molar-refractivity contribution in [2.75, 3.05) is 13.2 Å². The smallest absolute Gasteiger partial charge is 0.305 e. The molecule has 0 saturated heterocycles. The Bertz CT molecular complexity index is 1130. The summed E-state index contributed by atoms with van der Waals surface area (Å²) in [4.78, 5) is 24.6. The second-order valence-corrected chi connectivity index (χ2v) is 25.3. The van der Waals surface area contributed by atoms with Crippen molar-refractivity contribution in [3.05, 3.63) is 0 Å². The van der Waals surface area contributed by atoms with Crippen molar-refractivity contribution in [1.82, 2.24) is 5.32 Å². The highest BCUT2D eigenvalue weighted by molar-refractivity contribution is 5.76. The molecule has 6 heteroatoms. The molecule has 0 aromatic rings. The minimum atomic E-state index is -0.661. The number of carbonyl (C=O) groups is 2. The summed E-state index contributed by atoms with van der Waals surface area (Å²) in [5.41, 5.74) is 0. The van der Waals surface area contributed by atoms with Crippen molar-refractivity contribution < 1.29 is 24.5 Å². The molecule has 0 spiro atoms. The minimum absolute atomic E-state index is 0.0229. The summed E-state index contributed by atoms with van der Waals surface area (Å²) < 4.78 is 5.49. The van der Waals surface area contributed by atoms with Crippen LogP contribution in [-0.2, 0) is 14.3 Å². The monoisotopic (exact) mass is 1100 g/mol. The summed E-state index contributed by atoms with van der Waals surface area (Å²) in [6.07, 6.45) is 83.1. The summed E-state index contributed by atoms with van der Waals surface area (Å²) in [7, 11) is 0. The van der Waals surface area contributed by atoms with E-state index in [0.29, 0.717) is 25.9 Å². The second kappa shape index (κ2) is 68.4. The Balaban J connectivity index is 3.32. The molecular formula is C72H143NO5. The van der Waals surface area contributed by atoms with E-state index in [-0.39, 0.29) is 18.5 Å². The van der Waals surface area contributed by atoms with Gasteiger partial charge in [-0.3, -0.25) is 9.59 Å². The van der Waals surface area contributed by atoms with E-state index >= 15 is 0 Å². The van der Waals surface area contributed by atoms with E-state index < -0.39 is 12.1 Å². The molecule has 0 aromatic heterocycles. The lowest BCUT2D eigenvalue weighted by Gasteiger charge is -2.22. The van der Waals surface area contributed by atoms with Crippen LogP contribution < -0.4 is 5.32 Å². The molecule has 2 unspecified atom stereocenters. The van der Waals surface area contributed by atoms with Crippen LogP contribution in [0.15, 0.2) is 0 Å². The zero-order valence-electron chi connectivity index (χ0n) is 53.4. The SMILES string of the molecule is CCCCCCCCCCCCCCCCCCCCC(O)C(CO)NC(=O)CCCCCCCCCCCCCCCCCCCCCCCCCCCCCCCCOC(=O)CCCCCCCCCCCCCCC. The quantitative estimate of drug-likeness (QED) is 0.0417. The van der Waals surface area contributed by atoms with Gasteiger partial charge in [0.15, 0.2) is 0 Å². The zero-order chi connectivity index (χ0) is 56.4. The Hall–Kier alpha value is -1.14. The third-order valence-corrected chi connectivity index (χ3v) is 17.4. The lowest BCUT2D eigenvalue weighted by molar-refractivity contribution is -0.143. The maximum Gasteiger partial charge on any atom is 0.305 e. The number of rotatable bonds is 69. The Kier molecular flexibility index (Phi) is 67.4. The first-order valence-corrected chi connectivity index (χ1v) is 36.3. The Morgan fingerprint density at radius 2 is 0.526 bits per heavy atom. The summed E-state index contributed by atoms with van der Waals surface area (Å²) in [5, 5.41) is 23.4. The topological polar surface area (TPSA) is 95.9 Å². The van der Waals surface area contributed by atoms with Crippen LogP contribution >= 0.6 is 0 Å². The molecule has 0 radical (unpaired) electrons. The van der Waals surface area contributed by atoms with Crippen molar-refractivity contribution in [2.45, 2.75) is 437 Å². The van der Waals surface area contributed by atoms with Crippen molar-refractivity contribution in [3.63, 3.8) is 0 Å². The summed E-state index contributed by atoms with van der Waals surface area (Å²) >= 11 is 0. The van der Waals surface area contributed by atoms with Crippen LogP contribution in [0.4, 0.5) is 0 Å². The van der Waals surface area contributed by atoms with Crippen molar-refractivity contribution in [2.24, 2.45) is 0 Å². The van der Waals surface area contributed by atoms with Gasteiger partial charge in [0.25, 0.3) is 0 Å². The fourth-order valence-electron chi connectivity index (χ4n) is 11.9. The van der Waals surface area contributed by atoms with Gasteiger partial charge in [-0.05, 0) is 25.7 Å². The molecule has 78 heavy (non-hydrogen) atoms. The van der Waals surface area contributed by atoms with Gasteiger partial charge in [0.05, 0.1) is 25.4 Å². The number of aliphatic hydroxyl groups is 2. The van der Waals surface area contributed by atoms with Gasteiger partial charge in [-0.2, -0.15) is 0 Å². The molecule has 0 aliphatic carbocycles. The number of hydrogen-bond donors (Lipinski definition) is 3. The molecule has 0 aliphatic heterocycles. The maximum absolute atomic E-state index is 12.5. The van der Waals surface area contributed by atoms with E-state index in [1.54, 1.807) is 0 Å². The lowest BCUT2D eigenvalue weighted by Crippen LogP contribution is -2.45. The van der Waals surface area contributed by atoms with Crippen LogP contribution in [0.3, 0.4) is 0 Å². The summed E-state index contributed by atoms with van der Waals surface area (Å²) in [6, 6.07) is -0.538. The molecular weight excluding hydrogens is 959 g/mol. The van der Waals surface area contributed by atoms with Crippen LogP contribution in [0.5, 0.6) is 0 Å². The van der Waals surface area contributed by atoms with Gasteiger partial charge in [-0.15, -0.1) is 0 Å². The van der Waals surface area contributed by atoms with E-state index in [1.807, 2.05) is 0 Å². The van der Waals surface area contributed by atoms with Crippen molar-refractivity contribution >= 4 is 11.9 Å². The van der Waals surface area contributed by atoms with Crippen LogP contribution in [0.25, 0.3) is 0 Å². The third kappa shape index (κ3) is 64.0. The number of aliphatic hydroxyl groups excluding tert-OH is 2. The minimum Gasteiger partial charge on any atom is -0.466 e. The lowest BCUT2D eigenvalue weighted by atomic mass is 10.0. The van der Waals surface area contributed by atoms with Gasteiger partial charge in [-0.1, -0.05) is 386 Å². The fraction of sp³-hybridized carbons (Fsp3) is 0.972. The highest BCUT2D eigenvalue weighted by Crippen LogP contribution is 2.20. The predicted octanol–water partition coefficient (Wildman–Crippen LogP) is 23.4. The largest absolute Gasteiger partial charge is 0.466 e. The highest BCUT2D eigenvalue weighted by Gasteiger charge is 2.20. The molecule has 1 amide bonds. The molecule has 0 bridgehead atoms. The number of esters is 1. The van der Waals surface area contributed by atoms with Crippen LogP contribution in [-0.4, -0.2) is 47.4 Å². The molecule has 2 atom stereocenters. The number of unbranched alkanes of at least 4 members (excludes halogenated alkanes) is 58. The molecule has 466 valence electrons. The van der Waals surface area contributed by atoms with Gasteiger partial charge in [-0.25, -0.2) is 0 Å². The summed E-state index contributed by atoms with van der Waals surface area (Å²) in [6.45, 7) is 5.01. The fourth-order valence-corrected chi connectivity index (χ4v) is 11.9. The molecule has 0 heterocycles. The van der Waals surface area contributed by atoms with Gasteiger partial charge in [0.2, 0.25) is 5.91 Å². The normalized spacial score (nSPS) is 12.4. The van der Waals surface area contributed by atoms with E-state index in [1.165, 1.54) is 353 Å². The van der Waals surface area contributed by atoms with E-state index in [0.717, 1.165) is 38.5 Å². The summed E-state index contributed by atoms with van der Waals surface area (Å²) in [5.74, 6) is -0.00326. The van der Waals surface area contributed by atoms with Crippen molar-refractivity contribution in [1.29, 1.82) is 0 Å².